The van der Waals surface area contributed by atoms with Gasteiger partial charge in [0, 0.05) is 29.8 Å². The maximum absolute atomic E-state index is 6.30. The van der Waals surface area contributed by atoms with Crippen LogP contribution >= 0.6 is 0 Å². The Morgan fingerprint density at radius 3 is 1.73 bits per heavy atom. The average molecular weight is 777 g/mol. The summed E-state index contributed by atoms with van der Waals surface area (Å²) in [6.07, 6.45) is 4.05. The molecule has 2 heterocycles. The van der Waals surface area contributed by atoms with Crippen molar-refractivity contribution in [3.05, 3.63) is 215 Å². The fourth-order valence-corrected chi connectivity index (χ4v) is 8.15. The molecular weight excluding hydrogens is 725 g/mol. The van der Waals surface area contributed by atoms with Crippen LogP contribution in [-0.4, -0.2) is 30.0 Å². The number of tetrazole rings is 1. The van der Waals surface area contributed by atoms with Crippen molar-refractivity contribution in [2.75, 3.05) is 0 Å². The van der Waals surface area contributed by atoms with Crippen molar-refractivity contribution in [1.82, 2.24) is 30.0 Å². The van der Waals surface area contributed by atoms with E-state index in [-0.39, 0.29) is 0 Å². The summed E-state index contributed by atoms with van der Waals surface area (Å²) in [5.74, 6) is 1.05. The zero-order valence-corrected chi connectivity index (χ0v) is 34.3. The van der Waals surface area contributed by atoms with E-state index in [0.717, 1.165) is 71.3 Å². The number of benzene rings is 6. The lowest BCUT2D eigenvalue weighted by Gasteiger charge is -2.34. The average Bonchev–Trinajstić information content (AvgIpc) is 3.89. The first kappa shape index (κ1) is 39.4. The molecule has 7 heteroatoms. The number of nitrogens with zero attached hydrogens (tertiary/aromatic N) is 6. The Hall–Kier alpha value is -6.44. The highest BCUT2D eigenvalue weighted by Gasteiger charge is 2.41. The van der Waals surface area contributed by atoms with Crippen LogP contribution in [-0.2, 0) is 42.9 Å². The maximum atomic E-state index is 6.30. The molecule has 7 nitrogen and oxygen atoms in total. The minimum absolute atomic E-state index is 0.480. The second kappa shape index (κ2) is 18.4. The van der Waals surface area contributed by atoms with Crippen LogP contribution in [0.15, 0.2) is 170 Å². The van der Waals surface area contributed by atoms with Crippen molar-refractivity contribution in [3.63, 3.8) is 0 Å². The minimum atomic E-state index is -0.851. The molecule has 8 rings (SSSR count). The summed E-state index contributed by atoms with van der Waals surface area (Å²) in [4.78, 5) is 1.79. The summed E-state index contributed by atoms with van der Waals surface area (Å²) in [5.41, 5.74) is 11.4. The van der Waals surface area contributed by atoms with Crippen molar-refractivity contribution in [1.29, 1.82) is 0 Å². The van der Waals surface area contributed by atoms with Gasteiger partial charge in [-0.25, -0.2) is 0 Å². The Labute approximate surface area is 348 Å². The van der Waals surface area contributed by atoms with Crippen LogP contribution in [0.5, 0.6) is 0 Å². The Morgan fingerprint density at radius 1 is 0.593 bits per heavy atom. The van der Waals surface area contributed by atoms with Gasteiger partial charge in [-0.05, 0) is 62.9 Å². The second-order valence-electron chi connectivity index (χ2n) is 15.7. The Balaban J connectivity index is 1.12. The molecule has 8 aromatic rings. The van der Waals surface area contributed by atoms with Gasteiger partial charge in [-0.2, -0.15) is 5.10 Å². The van der Waals surface area contributed by atoms with Gasteiger partial charge in [-0.3, -0.25) is 4.68 Å². The van der Waals surface area contributed by atoms with Gasteiger partial charge in [0.2, 0.25) is 5.82 Å². The lowest BCUT2D eigenvalue weighted by molar-refractivity contribution is 0.103. The van der Waals surface area contributed by atoms with Crippen molar-refractivity contribution in [3.8, 4) is 22.5 Å². The van der Waals surface area contributed by atoms with E-state index in [1.165, 1.54) is 22.4 Å². The molecule has 0 N–H and O–H groups in total. The van der Waals surface area contributed by atoms with E-state index in [9.17, 15) is 0 Å². The summed E-state index contributed by atoms with van der Waals surface area (Å²) in [6.45, 7) is 8.70. The molecule has 0 saturated heterocycles. The van der Waals surface area contributed by atoms with Gasteiger partial charge in [0.15, 0.2) is 5.54 Å². The van der Waals surface area contributed by atoms with Crippen LogP contribution in [0, 0.1) is 5.92 Å². The molecule has 6 aromatic carbocycles. The molecule has 59 heavy (non-hydrogen) atoms. The smallest absolute Gasteiger partial charge is 0.205 e. The molecule has 0 unspecified atom stereocenters. The van der Waals surface area contributed by atoms with Crippen LogP contribution in [0.4, 0.5) is 0 Å². The molecule has 2 aromatic heterocycles. The van der Waals surface area contributed by atoms with Crippen LogP contribution in [0.25, 0.3) is 22.5 Å². The molecule has 0 aliphatic carbocycles. The van der Waals surface area contributed by atoms with Crippen molar-refractivity contribution >= 4 is 0 Å². The van der Waals surface area contributed by atoms with E-state index in [1.807, 2.05) is 30.3 Å². The Bertz CT molecular complexity index is 2430. The molecule has 0 saturated carbocycles. The summed E-state index contributed by atoms with van der Waals surface area (Å²) in [7, 11) is 0. The number of hydrogen-bond donors (Lipinski definition) is 0. The Morgan fingerprint density at radius 2 is 1.15 bits per heavy atom. The number of aromatic nitrogens is 6. The summed E-state index contributed by atoms with van der Waals surface area (Å²) < 4.78 is 8.55. The van der Waals surface area contributed by atoms with Gasteiger partial charge < -0.3 is 4.74 Å². The number of hydrogen-bond acceptors (Lipinski definition) is 5. The van der Waals surface area contributed by atoms with Gasteiger partial charge in [0.25, 0.3) is 0 Å². The topological polar surface area (TPSA) is 70.7 Å². The third-order valence-corrected chi connectivity index (χ3v) is 11.0. The fraction of sp³-hybridized carbons (Fsp3) is 0.231. The zero-order valence-electron chi connectivity index (χ0n) is 34.3. The molecule has 0 amide bonds. The molecule has 0 spiro atoms. The summed E-state index contributed by atoms with van der Waals surface area (Å²) in [5, 5.41) is 20.0. The first-order valence-electron chi connectivity index (χ1n) is 20.9. The molecule has 0 atom stereocenters. The van der Waals surface area contributed by atoms with E-state index in [0.29, 0.717) is 25.0 Å². The SMILES string of the molecule is CCCCc1c(Cc2ccc(-c3ccccc3-c3nnn(C(c4ccccc4)(c4ccccc4)c4ccccc4)n3)cc2)c(COCc2ccccc2)nn1CC(C)C. The first-order chi connectivity index (χ1) is 29.0. The molecule has 0 fully saturated rings. The Kier molecular flexibility index (Phi) is 12.3. The van der Waals surface area contributed by atoms with E-state index >= 15 is 0 Å². The number of unbranched alkanes of at least 4 members (excludes halogenated alkanes) is 1. The standard InChI is InChI=1S/C52H52N6O/c1-4-5-30-50-48(49(54-57(50)36-39(2)3)38-59-37-41-20-10-6-11-21-41)35-40-31-33-42(34-32-40)46-28-18-19-29-47(46)51-53-56-58(55-51)52(43-22-12-7-13-23-43,44-24-14-8-15-25-44)45-26-16-9-17-27-45/h6-29,31-34,39H,4-5,30,35-38H2,1-3H3. The van der Waals surface area contributed by atoms with Crippen molar-refractivity contribution in [2.24, 2.45) is 5.92 Å². The van der Waals surface area contributed by atoms with Crippen LogP contribution < -0.4 is 0 Å². The predicted molar refractivity (Wildman–Crippen MR) is 237 cm³/mol. The second-order valence-corrected chi connectivity index (χ2v) is 15.7. The predicted octanol–water partition coefficient (Wildman–Crippen LogP) is 11.3. The molecule has 0 radical (unpaired) electrons. The molecule has 0 aliphatic heterocycles. The monoisotopic (exact) mass is 776 g/mol. The highest BCUT2D eigenvalue weighted by atomic mass is 16.5. The van der Waals surface area contributed by atoms with E-state index in [4.69, 9.17) is 25.2 Å². The van der Waals surface area contributed by atoms with E-state index in [2.05, 4.69) is 165 Å². The highest BCUT2D eigenvalue weighted by Crippen LogP contribution is 2.40. The van der Waals surface area contributed by atoms with Gasteiger partial charge >= 0.3 is 0 Å². The van der Waals surface area contributed by atoms with Crippen LogP contribution in [0.1, 0.15) is 78.4 Å². The van der Waals surface area contributed by atoms with Gasteiger partial charge in [-0.15, -0.1) is 15.0 Å². The lowest BCUT2D eigenvalue weighted by atomic mass is 9.77. The lowest BCUT2D eigenvalue weighted by Crippen LogP contribution is -2.39. The maximum Gasteiger partial charge on any atom is 0.205 e. The normalized spacial score (nSPS) is 11.7. The zero-order chi connectivity index (χ0) is 40.4. The quantitative estimate of drug-likeness (QED) is 0.0861. The molecular formula is C52H52N6O. The van der Waals surface area contributed by atoms with E-state index in [1.54, 1.807) is 4.80 Å². The minimum Gasteiger partial charge on any atom is -0.370 e. The van der Waals surface area contributed by atoms with Crippen LogP contribution in [0.2, 0.25) is 0 Å². The van der Waals surface area contributed by atoms with Crippen LogP contribution in [0.3, 0.4) is 0 Å². The number of ether oxygens (including phenoxy) is 1. The van der Waals surface area contributed by atoms with Gasteiger partial charge in [-0.1, -0.05) is 197 Å². The summed E-state index contributed by atoms with van der Waals surface area (Å²) >= 11 is 0. The van der Waals surface area contributed by atoms with Crippen molar-refractivity contribution < 1.29 is 4.74 Å². The number of rotatable bonds is 17. The van der Waals surface area contributed by atoms with Gasteiger partial charge in [0.1, 0.15) is 0 Å². The third kappa shape index (κ3) is 8.57. The third-order valence-electron chi connectivity index (χ3n) is 11.0. The fourth-order valence-electron chi connectivity index (χ4n) is 8.15. The molecule has 0 bridgehead atoms. The van der Waals surface area contributed by atoms with E-state index < -0.39 is 5.54 Å². The highest BCUT2D eigenvalue weighted by molar-refractivity contribution is 5.80. The largest absolute Gasteiger partial charge is 0.370 e. The van der Waals surface area contributed by atoms with Gasteiger partial charge in [0.05, 0.1) is 18.9 Å². The van der Waals surface area contributed by atoms with Crippen molar-refractivity contribution in [2.45, 2.75) is 71.8 Å². The molecule has 0 aliphatic rings. The summed E-state index contributed by atoms with van der Waals surface area (Å²) in [6, 6.07) is 59.0. The first-order valence-corrected chi connectivity index (χ1v) is 20.9. The molecule has 296 valence electrons.